The molecule has 0 N–H and O–H groups in total. The fourth-order valence-electron chi connectivity index (χ4n) is 4.02. The first-order valence-electron chi connectivity index (χ1n) is 9.52. The molecule has 1 saturated carbocycles. The maximum absolute atomic E-state index is 13.1. The summed E-state index contributed by atoms with van der Waals surface area (Å²) < 4.78 is 9.43. The van der Waals surface area contributed by atoms with Crippen LogP contribution < -0.4 is 5.56 Å². The third-order valence-corrected chi connectivity index (χ3v) is 5.70. The van der Waals surface area contributed by atoms with E-state index in [4.69, 9.17) is 4.74 Å². The Kier molecular flexibility index (Phi) is 4.39. The van der Waals surface area contributed by atoms with E-state index in [1.807, 2.05) is 29.6 Å². The molecule has 2 fully saturated rings. The van der Waals surface area contributed by atoms with Gasteiger partial charge in [-0.15, -0.1) is 0 Å². The molecule has 1 aliphatic carbocycles. The number of hydrogen-bond acceptors (Lipinski definition) is 3. The molecule has 6 heteroatoms. The number of fused-ring (bicyclic) bond motifs is 1. The van der Waals surface area contributed by atoms with Crippen LogP contribution in [0.1, 0.15) is 41.6 Å². The summed E-state index contributed by atoms with van der Waals surface area (Å²) in [5, 5.41) is 0.534. The number of hydrogen-bond donors (Lipinski definition) is 0. The van der Waals surface area contributed by atoms with E-state index < -0.39 is 0 Å². The molecule has 0 radical (unpaired) electrons. The Morgan fingerprint density at radius 2 is 1.81 bits per heavy atom. The van der Waals surface area contributed by atoms with Crippen LogP contribution in [0, 0.1) is 12.8 Å². The van der Waals surface area contributed by atoms with E-state index in [1.165, 1.54) is 12.8 Å². The van der Waals surface area contributed by atoms with Crippen LogP contribution in [-0.2, 0) is 18.8 Å². The first kappa shape index (κ1) is 17.3. The van der Waals surface area contributed by atoms with Crippen molar-refractivity contribution in [2.24, 2.45) is 20.0 Å². The second-order valence-corrected chi connectivity index (χ2v) is 7.87. The molecule has 4 rings (SSSR count). The van der Waals surface area contributed by atoms with E-state index >= 15 is 0 Å². The standard InChI is InChI=1S/C20H27N3O3/c1-13-10-22(3)20(25)17-16(11-21(2)18(13)17)19(24)23-8-6-15(7-9-23)26-12-14-4-5-14/h10-11,14-15H,4-9,12H2,1-3H3. The molecular formula is C20H27N3O3. The maximum Gasteiger partial charge on any atom is 0.260 e. The van der Waals surface area contributed by atoms with Crippen LogP contribution in [0.3, 0.4) is 0 Å². The van der Waals surface area contributed by atoms with Crippen LogP contribution in [0.4, 0.5) is 0 Å². The van der Waals surface area contributed by atoms with Crippen molar-refractivity contribution < 1.29 is 9.53 Å². The van der Waals surface area contributed by atoms with Crippen molar-refractivity contribution in [3.63, 3.8) is 0 Å². The Bertz CT molecular complexity index is 899. The van der Waals surface area contributed by atoms with Gasteiger partial charge in [0.25, 0.3) is 11.5 Å². The van der Waals surface area contributed by atoms with Crippen molar-refractivity contribution in [1.82, 2.24) is 14.0 Å². The molecule has 6 nitrogen and oxygen atoms in total. The number of amides is 1. The fraction of sp³-hybridized carbons (Fsp3) is 0.600. The lowest BCUT2D eigenvalue weighted by atomic mass is 10.1. The average molecular weight is 357 g/mol. The minimum absolute atomic E-state index is 0.0426. The first-order chi connectivity index (χ1) is 12.5. The topological polar surface area (TPSA) is 56.5 Å². The number of aryl methyl sites for hydroxylation is 3. The van der Waals surface area contributed by atoms with Gasteiger partial charge in [-0.2, -0.15) is 0 Å². The van der Waals surface area contributed by atoms with Gasteiger partial charge in [-0.25, -0.2) is 0 Å². The van der Waals surface area contributed by atoms with Gasteiger partial charge in [0.1, 0.15) is 0 Å². The van der Waals surface area contributed by atoms with Gasteiger partial charge in [-0.05, 0) is 44.1 Å². The lowest BCUT2D eigenvalue weighted by Gasteiger charge is -2.32. The van der Waals surface area contributed by atoms with Crippen LogP contribution in [0.15, 0.2) is 17.2 Å². The van der Waals surface area contributed by atoms with Gasteiger partial charge in [-0.1, -0.05) is 0 Å². The molecular weight excluding hydrogens is 330 g/mol. The fourth-order valence-corrected chi connectivity index (χ4v) is 4.02. The molecule has 1 aliphatic heterocycles. The zero-order valence-electron chi connectivity index (χ0n) is 15.8. The molecule has 0 spiro atoms. The Balaban J connectivity index is 1.54. The smallest absolute Gasteiger partial charge is 0.260 e. The number of pyridine rings is 1. The number of likely N-dealkylation sites (tertiary alicyclic amines) is 1. The van der Waals surface area contributed by atoms with Crippen LogP contribution in [-0.4, -0.2) is 45.7 Å². The molecule has 3 heterocycles. The zero-order chi connectivity index (χ0) is 18.4. The second kappa shape index (κ2) is 6.58. The third-order valence-electron chi connectivity index (χ3n) is 5.70. The van der Waals surface area contributed by atoms with Crippen LogP contribution in [0.25, 0.3) is 10.9 Å². The minimum Gasteiger partial charge on any atom is -0.378 e. The van der Waals surface area contributed by atoms with Gasteiger partial charge >= 0.3 is 0 Å². The first-order valence-corrected chi connectivity index (χ1v) is 9.52. The number of carbonyl (C=O) groups is 1. The third kappa shape index (κ3) is 3.07. The van der Waals surface area contributed by atoms with Crippen molar-refractivity contribution in [3.05, 3.63) is 33.9 Å². The Morgan fingerprint density at radius 3 is 2.46 bits per heavy atom. The van der Waals surface area contributed by atoms with Gasteiger partial charge in [0.05, 0.1) is 22.6 Å². The molecule has 140 valence electrons. The van der Waals surface area contributed by atoms with E-state index in [0.29, 0.717) is 24.0 Å². The zero-order valence-corrected chi connectivity index (χ0v) is 15.8. The molecule has 1 amide bonds. The van der Waals surface area contributed by atoms with E-state index in [-0.39, 0.29) is 17.6 Å². The Morgan fingerprint density at radius 1 is 1.12 bits per heavy atom. The summed E-state index contributed by atoms with van der Waals surface area (Å²) in [5.74, 6) is 0.726. The Hall–Kier alpha value is -2.08. The van der Waals surface area contributed by atoms with Crippen LogP contribution in [0.2, 0.25) is 0 Å². The summed E-state index contributed by atoms with van der Waals surface area (Å²) in [4.78, 5) is 27.6. The van der Waals surface area contributed by atoms with Gasteiger partial charge in [0.15, 0.2) is 0 Å². The molecule has 0 unspecified atom stereocenters. The van der Waals surface area contributed by atoms with E-state index in [1.54, 1.807) is 17.8 Å². The predicted molar refractivity (Wildman–Crippen MR) is 100 cm³/mol. The van der Waals surface area contributed by atoms with Crippen molar-refractivity contribution in [3.8, 4) is 0 Å². The number of aromatic nitrogens is 2. The summed E-state index contributed by atoms with van der Waals surface area (Å²) in [7, 11) is 3.63. The average Bonchev–Trinajstić information content (AvgIpc) is 3.39. The molecule has 1 saturated heterocycles. The van der Waals surface area contributed by atoms with Crippen molar-refractivity contribution in [2.45, 2.75) is 38.7 Å². The number of piperidine rings is 1. The highest BCUT2D eigenvalue weighted by Crippen LogP contribution is 2.30. The highest BCUT2D eigenvalue weighted by atomic mass is 16.5. The van der Waals surface area contributed by atoms with E-state index in [2.05, 4.69) is 0 Å². The van der Waals surface area contributed by atoms with Crippen molar-refractivity contribution in [1.29, 1.82) is 0 Å². The molecule has 2 aliphatic rings. The molecule has 26 heavy (non-hydrogen) atoms. The highest BCUT2D eigenvalue weighted by molar-refractivity contribution is 6.07. The molecule has 2 aromatic heterocycles. The van der Waals surface area contributed by atoms with Crippen LogP contribution >= 0.6 is 0 Å². The highest BCUT2D eigenvalue weighted by Gasteiger charge is 2.29. The number of nitrogens with zero attached hydrogens (tertiary/aromatic N) is 3. The normalized spacial score (nSPS) is 18.7. The molecule has 0 aromatic carbocycles. The number of ether oxygens (including phenoxy) is 1. The Labute approximate surface area is 153 Å². The van der Waals surface area contributed by atoms with Gasteiger partial charge in [-0.3, -0.25) is 9.59 Å². The predicted octanol–water partition coefficient (Wildman–Crippen LogP) is 2.22. The monoisotopic (exact) mass is 357 g/mol. The maximum atomic E-state index is 13.1. The van der Waals surface area contributed by atoms with E-state index in [9.17, 15) is 9.59 Å². The molecule has 0 bridgehead atoms. The second-order valence-electron chi connectivity index (χ2n) is 7.87. The number of carbonyl (C=O) groups excluding carboxylic acids is 1. The number of rotatable bonds is 4. The van der Waals surface area contributed by atoms with Gasteiger partial charge in [0, 0.05) is 46.2 Å². The lowest BCUT2D eigenvalue weighted by molar-refractivity contribution is 0.00415. The summed E-state index contributed by atoms with van der Waals surface area (Å²) in [6, 6.07) is 0. The van der Waals surface area contributed by atoms with Crippen LogP contribution in [0.5, 0.6) is 0 Å². The summed E-state index contributed by atoms with van der Waals surface area (Å²) >= 11 is 0. The lowest BCUT2D eigenvalue weighted by Crippen LogP contribution is -2.41. The molecule has 0 atom stereocenters. The van der Waals surface area contributed by atoms with Crippen molar-refractivity contribution >= 4 is 16.8 Å². The van der Waals surface area contributed by atoms with Crippen molar-refractivity contribution in [2.75, 3.05) is 19.7 Å². The largest absolute Gasteiger partial charge is 0.378 e. The SMILES string of the molecule is Cc1cn(C)c(=O)c2c(C(=O)N3CCC(OCC4CC4)CC3)cn(C)c12. The summed E-state index contributed by atoms with van der Waals surface area (Å²) in [6.45, 7) is 4.23. The quantitative estimate of drug-likeness (QED) is 0.843. The van der Waals surface area contributed by atoms with Gasteiger partial charge in [0.2, 0.25) is 0 Å². The minimum atomic E-state index is -0.114. The van der Waals surface area contributed by atoms with Gasteiger partial charge < -0.3 is 18.8 Å². The summed E-state index contributed by atoms with van der Waals surface area (Å²) in [5.41, 5.74) is 2.25. The summed E-state index contributed by atoms with van der Waals surface area (Å²) in [6.07, 6.45) is 8.24. The van der Waals surface area contributed by atoms with E-state index in [0.717, 1.165) is 36.4 Å². The molecule has 2 aromatic rings.